The van der Waals surface area contributed by atoms with Crippen LogP contribution < -0.4 is 10.1 Å². The van der Waals surface area contributed by atoms with Crippen LogP contribution in [0.3, 0.4) is 0 Å². The molecular weight excluding hydrogens is 661 g/mol. The molecule has 3 aromatic rings. The SMILES string of the molecule is N#C/C(=C\c1cc(Cl)c(OCc2ccc(I)cc2)c(Br)c1)C(=O)Nc1sc2c(c1C#N)CCCC2. The summed E-state index contributed by atoms with van der Waals surface area (Å²) in [4.78, 5) is 14.0. The number of ether oxygens (including phenoxy) is 1. The smallest absolute Gasteiger partial charge is 0.266 e. The Morgan fingerprint density at radius 3 is 2.66 bits per heavy atom. The average Bonchev–Trinajstić information content (AvgIpc) is 3.19. The highest BCUT2D eigenvalue weighted by atomic mass is 127. The van der Waals surface area contributed by atoms with E-state index >= 15 is 0 Å². The molecule has 176 valence electrons. The predicted octanol–water partition coefficient (Wildman–Crippen LogP) is 7.64. The van der Waals surface area contributed by atoms with E-state index in [0.717, 1.165) is 45.3 Å². The number of carbonyl (C=O) groups excluding carboxylic acids is 1. The van der Waals surface area contributed by atoms with Crippen molar-refractivity contribution in [1.29, 1.82) is 10.5 Å². The number of amides is 1. The molecule has 0 radical (unpaired) electrons. The van der Waals surface area contributed by atoms with Gasteiger partial charge in [-0.05, 0) is 111 Å². The molecule has 0 atom stereocenters. The van der Waals surface area contributed by atoms with E-state index in [9.17, 15) is 15.3 Å². The summed E-state index contributed by atoms with van der Waals surface area (Å²) in [6.45, 7) is 0.349. The van der Waals surface area contributed by atoms with Crippen molar-refractivity contribution in [1.82, 2.24) is 0 Å². The maximum Gasteiger partial charge on any atom is 0.266 e. The predicted molar refractivity (Wildman–Crippen MR) is 151 cm³/mol. The van der Waals surface area contributed by atoms with Crippen molar-refractivity contribution in [2.45, 2.75) is 32.3 Å². The highest BCUT2D eigenvalue weighted by Crippen LogP contribution is 2.38. The molecule has 1 aliphatic rings. The lowest BCUT2D eigenvalue weighted by atomic mass is 9.96. The number of fused-ring (bicyclic) bond motifs is 1. The second kappa shape index (κ2) is 11.6. The molecule has 35 heavy (non-hydrogen) atoms. The first kappa shape index (κ1) is 25.7. The van der Waals surface area contributed by atoms with Crippen LogP contribution in [-0.4, -0.2) is 5.91 Å². The Hall–Kier alpha value is -2.37. The van der Waals surface area contributed by atoms with E-state index in [4.69, 9.17) is 16.3 Å². The number of halogens is 3. The third-order valence-electron chi connectivity index (χ3n) is 5.50. The summed E-state index contributed by atoms with van der Waals surface area (Å²) in [5.74, 6) is -0.0815. The van der Waals surface area contributed by atoms with Crippen molar-refractivity contribution >= 4 is 78.4 Å². The Labute approximate surface area is 234 Å². The lowest BCUT2D eigenvalue weighted by molar-refractivity contribution is -0.112. The van der Waals surface area contributed by atoms with Crippen molar-refractivity contribution < 1.29 is 9.53 Å². The van der Waals surface area contributed by atoms with Crippen LogP contribution in [0.1, 0.15) is 40.0 Å². The van der Waals surface area contributed by atoms with E-state index < -0.39 is 5.91 Å². The summed E-state index contributed by atoms with van der Waals surface area (Å²) < 4.78 is 7.64. The topological polar surface area (TPSA) is 85.9 Å². The Morgan fingerprint density at radius 1 is 1.23 bits per heavy atom. The van der Waals surface area contributed by atoms with E-state index in [1.165, 1.54) is 17.4 Å². The van der Waals surface area contributed by atoms with Crippen LogP contribution in [0.5, 0.6) is 5.75 Å². The minimum atomic E-state index is -0.561. The molecule has 9 heteroatoms. The molecule has 0 aliphatic heterocycles. The number of nitrogens with one attached hydrogen (secondary N) is 1. The van der Waals surface area contributed by atoms with Crippen LogP contribution in [0.25, 0.3) is 6.08 Å². The monoisotopic (exact) mass is 677 g/mol. The molecule has 2 aromatic carbocycles. The van der Waals surface area contributed by atoms with Gasteiger partial charge in [0.05, 0.1) is 15.1 Å². The third kappa shape index (κ3) is 6.07. The normalized spacial score (nSPS) is 12.9. The number of aryl methyl sites for hydroxylation is 1. The zero-order valence-corrected chi connectivity index (χ0v) is 23.6. The molecule has 5 nitrogen and oxygen atoms in total. The van der Waals surface area contributed by atoms with Gasteiger partial charge in [-0.2, -0.15) is 10.5 Å². The highest BCUT2D eigenvalue weighted by molar-refractivity contribution is 14.1. The first-order valence-electron chi connectivity index (χ1n) is 10.7. The highest BCUT2D eigenvalue weighted by Gasteiger charge is 2.23. The van der Waals surface area contributed by atoms with Gasteiger partial charge >= 0.3 is 0 Å². The van der Waals surface area contributed by atoms with Crippen molar-refractivity contribution in [2.24, 2.45) is 0 Å². The van der Waals surface area contributed by atoms with Gasteiger partial charge in [0.15, 0.2) is 5.75 Å². The minimum absolute atomic E-state index is 0.0872. The Balaban J connectivity index is 1.52. The molecular formula is C26H18BrClIN3O2S. The number of thiophene rings is 1. The fourth-order valence-corrected chi connectivity index (χ4v) is 6.38. The number of benzene rings is 2. The molecule has 0 spiro atoms. The summed E-state index contributed by atoms with van der Waals surface area (Å²) in [6.07, 6.45) is 5.34. The number of carbonyl (C=O) groups is 1. The van der Waals surface area contributed by atoms with Crippen LogP contribution in [0, 0.1) is 26.2 Å². The fraction of sp³-hybridized carbons (Fsp3) is 0.192. The van der Waals surface area contributed by atoms with Crippen LogP contribution in [-0.2, 0) is 24.2 Å². The third-order valence-corrected chi connectivity index (χ3v) is 8.30. The first-order chi connectivity index (χ1) is 16.9. The second-order valence-electron chi connectivity index (χ2n) is 7.88. The van der Waals surface area contributed by atoms with E-state index in [1.807, 2.05) is 30.3 Å². The maximum atomic E-state index is 12.9. The number of hydrogen-bond acceptors (Lipinski definition) is 5. The molecule has 0 saturated heterocycles. The number of nitrogens with zero attached hydrogens (tertiary/aromatic N) is 2. The Bertz CT molecular complexity index is 1380. The number of anilines is 1. The molecule has 0 bridgehead atoms. The van der Waals surface area contributed by atoms with Gasteiger partial charge in [0.1, 0.15) is 29.3 Å². The van der Waals surface area contributed by atoms with Crippen LogP contribution in [0.15, 0.2) is 46.4 Å². The first-order valence-corrected chi connectivity index (χ1v) is 13.8. The minimum Gasteiger partial charge on any atom is -0.486 e. The van der Waals surface area contributed by atoms with Crippen molar-refractivity contribution in [2.75, 3.05) is 5.32 Å². The Kier molecular flexibility index (Phi) is 8.51. The zero-order valence-electron chi connectivity index (χ0n) is 18.3. The van der Waals surface area contributed by atoms with Crippen molar-refractivity contribution in [3.05, 3.63) is 82.2 Å². The second-order valence-corrected chi connectivity index (χ2v) is 11.5. The van der Waals surface area contributed by atoms with Crippen LogP contribution >= 0.6 is 61.5 Å². The average molecular weight is 679 g/mol. The van der Waals surface area contributed by atoms with E-state index in [-0.39, 0.29) is 5.57 Å². The summed E-state index contributed by atoms with van der Waals surface area (Å²) in [7, 11) is 0. The van der Waals surface area contributed by atoms with Crippen LogP contribution in [0.2, 0.25) is 5.02 Å². The molecule has 4 rings (SSSR count). The number of hydrogen-bond donors (Lipinski definition) is 1. The Morgan fingerprint density at radius 2 is 1.97 bits per heavy atom. The fourth-order valence-electron chi connectivity index (χ4n) is 3.79. The summed E-state index contributed by atoms with van der Waals surface area (Å²) in [5.41, 5.74) is 3.03. The molecule has 0 saturated carbocycles. The van der Waals surface area contributed by atoms with Gasteiger partial charge < -0.3 is 10.1 Å². The molecule has 1 aliphatic carbocycles. The lowest BCUT2D eigenvalue weighted by Crippen LogP contribution is -2.13. The van der Waals surface area contributed by atoms with Gasteiger partial charge in [-0.25, -0.2) is 0 Å². The van der Waals surface area contributed by atoms with Gasteiger partial charge in [0.2, 0.25) is 0 Å². The largest absolute Gasteiger partial charge is 0.486 e. The lowest BCUT2D eigenvalue weighted by Gasteiger charge is -2.11. The van der Waals surface area contributed by atoms with Crippen molar-refractivity contribution in [3.8, 4) is 17.9 Å². The number of nitriles is 2. The van der Waals surface area contributed by atoms with E-state index in [0.29, 0.717) is 38.0 Å². The van der Waals surface area contributed by atoms with Gasteiger partial charge in [0.25, 0.3) is 5.91 Å². The van der Waals surface area contributed by atoms with Crippen molar-refractivity contribution in [3.63, 3.8) is 0 Å². The molecule has 1 heterocycles. The van der Waals surface area contributed by atoms with E-state index in [1.54, 1.807) is 12.1 Å². The molecule has 1 aromatic heterocycles. The zero-order chi connectivity index (χ0) is 24.9. The molecule has 0 unspecified atom stereocenters. The summed E-state index contributed by atoms with van der Waals surface area (Å²) in [5, 5.41) is 22.9. The van der Waals surface area contributed by atoms with Crippen LogP contribution in [0.4, 0.5) is 5.00 Å². The van der Waals surface area contributed by atoms with Gasteiger partial charge in [-0.15, -0.1) is 11.3 Å². The van der Waals surface area contributed by atoms with E-state index in [2.05, 4.69) is 49.9 Å². The summed E-state index contributed by atoms with van der Waals surface area (Å²) >= 11 is 13.6. The maximum absolute atomic E-state index is 12.9. The molecule has 0 fully saturated rings. The van der Waals surface area contributed by atoms with Gasteiger partial charge in [-0.3, -0.25) is 4.79 Å². The molecule has 1 amide bonds. The standard InChI is InChI=1S/C26H18BrClIN3O2S/c27-21-10-16(11-22(28)24(21)34-14-15-5-7-18(29)8-6-15)9-17(12-30)25(33)32-26-20(13-31)19-3-1-2-4-23(19)35-26/h5-11H,1-4,14H2,(H,32,33)/b17-9+. The van der Waals surface area contributed by atoms with Gasteiger partial charge in [-0.1, -0.05) is 23.7 Å². The quantitative estimate of drug-likeness (QED) is 0.165. The summed E-state index contributed by atoms with van der Waals surface area (Å²) in [6, 6.07) is 15.5. The van der Waals surface area contributed by atoms with Gasteiger partial charge in [0, 0.05) is 8.45 Å². The molecule has 1 N–H and O–H groups in total. The number of rotatable bonds is 6.